The number of nitrogens with zero attached hydrogens (tertiary/aromatic N) is 3. The zero-order chi connectivity index (χ0) is 19.9. The van der Waals surface area contributed by atoms with Crippen molar-refractivity contribution in [3.05, 3.63) is 65.2 Å². The Balaban J connectivity index is 1.72. The van der Waals surface area contributed by atoms with E-state index in [0.717, 1.165) is 12.2 Å². The molecule has 1 amide bonds. The maximum atomic E-state index is 12.9. The second kappa shape index (κ2) is 9.61. The number of hydrogen-bond acceptors (Lipinski definition) is 5. The number of halogens is 1. The fraction of sp³-hybridized carbons (Fsp3) is 0.250. The minimum Gasteiger partial charge on any atom is -0.368 e. The number of nitrogens with one attached hydrogen (secondary N) is 1. The Morgan fingerprint density at radius 3 is 2.61 bits per heavy atom. The number of nitrogens with two attached hydrogens (primary N) is 1. The van der Waals surface area contributed by atoms with E-state index in [9.17, 15) is 4.79 Å². The lowest BCUT2D eigenvalue weighted by molar-refractivity contribution is -0.119. The molecular formula is C20H22ClN5OS. The largest absolute Gasteiger partial charge is 0.368 e. The van der Waals surface area contributed by atoms with E-state index in [2.05, 4.69) is 27.6 Å². The van der Waals surface area contributed by atoms with Crippen LogP contribution in [0, 0.1) is 0 Å². The third-order valence-corrected chi connectivity index (χ3v) is 5.56. The first-order chi connectivity index (χ1) is 13.6. The van der Waals surface area contributed by atoms with Crippen molar-refractivity contribution in [1.29, 1.82) is 0 Å². The minimum atomic E-state index is -0.523. The molecule has 0 saturated carbocycles. The molecule has 1 aromatic heterocycles. The van der Waals surface area contributed by atoms with Gasteiger partial charge in [0.2, 0.25) is 11.9 Å². The molecule has 2 aromatic carbocycles. The van der Waals surface area contributed by atoms with Gasteiger partial charge in [0, 0.05) is 5.75 Å². The highest BCUT2D eigenvalue weighted by molar-refractivity contribution is 7.99. The smallest absolute Gasteiger partial charge is 0.247 e. The molecule has 0 aliphatic rings. The van der Waals surface area contributed by atoms with Crippen molar-refractivity contribution in [3.8, 4) is 0 Å². The number of nitrogen functional groups attached to an aromatic ring is 1. The number of benzene rings is 2. The van der Waals surface area contributed by atoms with Crippen molar-refractivity contribution in [2.45, 2.75) is 31.0 Å². The van der Waals surface area contributed by atoms with Gasteiger partial charge in [-0.15, -0.1) is 10.2 Å². The van der Waals surface area contributed by atoms with Crippen molar-refractivity contribution in [2.24, 2.45) is 0 Å². The molecule has 0 spiro atoms. The fourth-order valence-electron chi connectivity index (χ4n) is 2.85. The van der Waals surface area contributed by atoms with E-state index < -0.39 is 6.04 Å². The number of carbonyl (C=O) groups is 1. The predicted octanol–water partition coefficient (Wildman–Crippen LogP) is 4.44. The summed E-state index contributed by atoms with van der Waals surface area (Å²) < 4.78 is 1.70. The summed E-state index contributed by atoms with van der Waals surface area (Å²) in [6.45, 7) is 1.93. The number of aryl methyl sites for hydroxylation is 1. The molecule has 3 rings (SSSR count). The number of para-hydroxylation sites is 1. The van der Waals surface area contributed by atoms with E-state index in [-0.39, 0.29) is 11.9 Å². The van der Waals surface area contributed by atoms with Crippen LogP contribution in [0.15, 0.2) is 59.8 Å². The van der Waals surface area contributed by atoms with Gasteiger partial charge in [0.05, 0.1) is 10.7 Å². The van der Waals surface area contributed by atoms with Crippen LogP contribution in [0.1, 0.15) is 24.9 Å². The predicted molar refractivity (Wildman–Crippen MR) is 115 cm³/mol. The average Bonchev–Trinajstić information content (AvgIpc) is 3.06. The van der Waals surface area contributed by atoms with Gasteiger partial charge >= 0.3 is 0 Å². The van der Waals surface area contributed by atoms with Gasteiger partial charge in [0.15, 0.2) is 5.16 Å². The number of rotatable bonds is 8. The Labute approximate surface area is 173 Å². The van der Waals surface area contributed by atoms with Crippen LogP contribution in [0.4, 0.5) is 11.6 Å². The maximum Gasteiger partial charge on any atom is 0.247 e. The first kappa shape index (κ1) is 20.2. The van der Waals surface area contributed by atoms with Crippen LogP contribution in [0.5, 0.6) is 0 Å². The van der Waals surface area contributed by atoms with Crippen molar-refractivity contribution >= 4 is 40.9 Å². The Bertz CT molecular complexity index is 931. The zero-order valence-electron chi connectivity index (χ0n) is 15.5. The van der Waals surface area contributed by atoms with Crippen molar-refractivity contribution < 1.29 is 4.79 Å². The lowest BCUT2D eigenvalue weighted by Gasteiger charge is -2.19. The fourth-order valence-corrected chi connectivity index (χ4v) is 4.01. The Kier molecular flexibility index (Phi) is 6.95. The highest BCUT2D eigenvalue weighted by Gasteiger charge is 2.25. The van der Waals surface area contributed by atoms with E-state index in [4.69, 9.17) is 17.3 Å². The summed E-state index contributed by atoms with van der Waals surface area (Å²) in [6.07, 6.45) is 1.44. The van der Waals surface area contributed by atoms with Crippen LogP contribution >= 0.6 is 23.4 Å². The summed E-state index contributed by atoms with van der Waals surface area (Å²) in [5.74, 6) is 0.834. The maximum absolute atomic E-state index is 12.9. The number of aromatic nitrogens is 3. The quantitative estimate of drug-likeness (QED) is 0.531. The van der Waals surface area contributed by atoms with Gasteiger partial charge in [-0.25, -0.2) is 0 Å². The molecule has 0 aliphatic carbocycles. The zero-order valence-corrected chi connectivity index (χ0v) is 17.1. The van der Waals surface area contributed by atoms with Gasteiger partial charge in [0.25, 0.3) is 0 Å². The van der Waals surface area contributed by atoms with Crippen molar-refractivity contribution in [1.82, 2.24) is 14.8 Å². The normalized spacial score (nSPS) is 11.9. The monoisotopic (exact) mass is 415 g/mol. The lowest BCUT2D eigenvalue weighted by atomic mass is 10.2. The van der Waals surface area contributed by atoms with Crippen LogP contribution in [0.2, 0.25) is 5.02 Å². The molecule has 1 atom stereocenters. The highest BCUT2D eigenvalue weighted by Crippen LogP contribution is 2.28. The molecule has 1 heterocycles. The SMILES string of the molecule is CCC(C(=O)Nc1ccccc1Cl)n1c(N)nnc1SCCc1ccccc1. The van der Waals surface area contributed by atoms with Crippen LogP contribution < -0.4 is 11.1 Å². The summed E-state index contributed by atoms with van der Waals surface area (Å²) >= 11 is 7.69. The summed E-state index contributed by atoms with van der Waals surface area (Å²) in [5.41, 5.74) is 7.85. The van der Waals surface area contributed by atoms with E-state index in [1.165, 1.54) is 17.3 Å². The topological polar surface area (TPSA) is 85.8 Å². The Morgan fingerprint density at radius 2 is 1.89 bits per heavy atom. The summed E-state index contributed by atoms with van der Waals surface area (Å²) in [4.78, 5) is 12.9. The van der Waals surface area contributed by atoms with Gasteiger partial charge in [0.1, 0.15) is 6.04 Å². The number of thioether (sulfide) groups is 1. The van der Waals surface area contributed by atoms with Crippen LogP contribution in [-0.4, -0.2) is 26.4 Å². The van der Waals surface area contributed by atoms with Crippen molar-refractivity contribution in [2.75, 3.05) is 16.8 Å². The Hall–Kier alpha value is -2.51. The highest BCUT2D eigenvalue weighted by atomic mass is 35.5. The average molecular weight is 416 g/mol. The summed E-state index contributed by atoms with van der Waals surface area (Å²) in [6, 6.07) is 16.8. The van der Waals surface area contributed by atoms with E-state index in [1.54, 1.807) is 16.7 Å². The van der Waals surface area contributed by atoms with Crippen LogP contribution in [-0.2, 0) is 11.2 Å². The molecule has 146 valence electrons. The molecular weight excluding hydrogens is 394 g/mol. The van der Waals surface area contributed by atoms with Crippen molar-refractivity contribution in [3.63, 3.8) is 0 Å². The van der Waals surface area contributed by atoms with Gasteiger partial charge in [-0.3, -0.25) is 9.36 Å². The van der Waals surface area contributed by atoms with E-state index in [1.807, 2.05) is 37.3 Å². The molecule has 0 saturated heterocycles. The van der Waals surface area contributed by atoms with Gasteiger partial charge in [-0.2, -0.15) is 0 Å². The van der Waals surface area contributed by atoms with Crippen LogP contribution in [0.25, 0.3) is 0 Å². The van der Waals surface area contributed by atoms with Crippen LogP contribution in [0.3, 0.4) is 0 Å². The standard InChI is InChI=1S/C20H22ClN5OS/c1-2-17(18(27)23-16-11-7-6-10-15(16)21)26-19(22)24-25-20(26)28-13-12-14-8-4-3-5-9-14/h3-11,17H,2,12-13H2,1H3,(H2,22,24)(H,23,27). The molecule has 28 heavy (non-hydrogen) atoms. The van der Waals surface area contributed by atoms with E-state index >= 15 is 0 Å². The first-order valence-corrected chi connectivity index (χ1v) is 10.4. The molecule has 0 radical (unpaired) electrons. The summed E-state index contributed by atoms with van der Waals surface area (Å²) in [7, 11) is 0. The number of carbonyl (C=O) groups excluding carboxylic acids is 1. The summed E-state index contributed by atoms with van der Waals surface area (Å²) in [5, 5.41) is 12.1. The molecule has 1 unspecified atom stereocenters. The molecule has 3 aromatic rings. The molecule has 0 fully saturated rings. The second-order valence-corrected chi connectivity index (χ2v) is 7.66. The lowest BCUT2D eigenvalue weighted by Crippen LogP contribution is -2.27. The molecule has 3 N–H and O–H groups in total. The first-order valence-electron chi connectivity index (χ1n) is 9.02. The number of anilines is 2. The Morgan fingerprint density at radius 1 is 1.18 bits per heavy atom. The van der Waals surface area contributed by atoms with Gasteiger partial charge in [-0.1, -0.05) is 72.8 Å². The molecule has 6 nitrogen and oxygen atoms in total. The van der Waals surface area contributed by atoms with Gasteiger partial charge in [-0.05, 0) is 30.5 Å². The molecule has 0 aliphatic heterocycles. The molecule has 8 heteroatoms. The molecule has 0 bridgehead atoms. The number of hydrogen-bond donors (Lipinski definition) is 2. The van der Waals surface area contributed by atoms with E-state index in [0.29, 0.717) is 22.3 Å². The third kappa shape index (κ3) is 4.85. The third-order valence-electron chi connectivity index (χ3n) is 4.29. The minimum absolute atomic E-state index is 0.202. The second-order valence-electron chi connectivity index (χ2n) is 6.19. The van der Waals surface area contributed by atoms with Gasteiger partial charge < -0.3 is 11.1 Å². The number of amides is 1.